The van der Waals surface area contributed by atoms with Crippen LogP contribution in [0, 0.1) is 0 Å². The predicted molar refractivity (Wildman–Crippen MR) is 127 cm³/mol. The molecule has 0 spiro atoms. The minimum Gasteiger partial charge on any atom is -0.393 e. The van der Waals surface area contributed by atoms with Crippen LogP contribution < -0.4 is 10.6 Å². The van der Waals surface area contributed by atoms with Gasteiger partial charge in [-0.3, -0.25) is 14.5 Å². The molecule has 2 aromatic carbocycles. The molecule has 0 saturated carbocycles. The van der Waals surface area contributed by atoms with E-state index in [4.69, 9.17) is 0 Å². The van der Waals surface area contributed by atoms with Crippen molar-refractivity contribution in [3.8, 4) is 0 Å². The number of amides is 2. The van der Waals surface area contributed by atoms with E-state index in [0.29, 0.717) is 22.7 Å². The largest absolute Gasteiger partial charge is 0.393 e. The first kappa shape index (κ1) is 22.2. The second-order valence-electron chi connectivity index (χ2n) is 8.02. The Hall–Kier alpha value is -3.00. The molecule has 0 radical (unpaired) electrons. The number of nitrogens with one attached hydrogen (secondary N) is 2. The molecule has 7 heteroatoms. The average molecular weight is 450 g/mol. The number of aliphatic hydroxyl groups is 1. The average Bonchev–Trinajstić information content (AvgIpc) is 3.35. The third-order valence-electron chi connectivity index (χ3n) is 5.57. The SMILES string of the molecule is O=C(NCc1ccc(CN2CCC(O)CC2)cc1)c1cccc(NC(=O)c2cccs2)c1. The Balaban J connectivity index is 1.28. The summed E-state index contributed by atoms with van der Waals surface area (Å²) in [5.41, 5.74) is 3.34. The van der Waals surface area contributed by atoms with Crippen molar-refractivity contribution in [2.45, 2.75) is 32.0 Å². The van der Waals surface area contributed by atoms with Gasteiger partial charge in [-0.05, 0) is 53.6 Å². The second kappa shape index (κ2) is 10.5. The number of hydrogen-bond donors (Lipinski definition) is 3. The normalized spacial score (nSPS) is 14.8. The number of rotatable bonds is 7. The van der Waals surface area contributed by atoms with Crippen molar-refractivity contribution >= 4 is 28.8 Å². The summed E-state index contributed by atoms with van der Waals surface area (Å²) in [5, 5.41) is 17.3. The van der Waals surface area contributed by atoms with Crippen LogP contribution in [0.4, 0.5) is 5.69 Å². The molecular weight excluding hydrogens is 422 g/mol. The van der Waals surface area contributed by atoms with E-state index in [1.165, 1.54) is 16.9 Å². The summed E-state index contributed by atoms with van der Waals surface area (Å²) in [5.74, 6) is -0.369. The minimum absolute atomic E-state index is 0.157. The molecule has 32 heavy (non-hydrogen) atoms. The summed E-state index contributed by atoms with van der Waals surface area (Å²) in [6, 6.07) is 18.8. The highest BCUT2D eigenvalue weighted by molar-refractivity contribution is 7.12. The van der Waals surface area contributed by atoms with Gasteiger partial charge in [-0.1, -0.05) is 36.4 Å². The fourth-order valence-corrected chi connectivity index (χ4v) is 4.34. The van der Waals surface area contributed by atoms with Crippen molar-refractivity contribution < 1.29 is 14.7 Å². The van der Waals surface area contributed by atoms with E-state index >= 15 is 0 Å². The molecule has 1 saturated heterocycles. The number of likely N-dealkylation sites (tertiary alicyclic amines) is 1. The lowest BCUT2D eigenvalue weighted by atomic mass is 10.1. The van der Waals surface area contributed by atoms with Crippen LogP contribution in [0.25, 0.3) is 0 Å². The highest BCUT2D eigenvalue weighted by atomic mass is 32.1. The summed E-state index contributed by atoms with van der Waals surface area (Å²) in [6.07, 6.45) is 1.52. The second-order valence-corrected chi connectivity index (χ2v) is 8.97. The van der Waals surface area contributed by atoms with Gasteiger partial charge in [-0.15, -0.1) is 11.3 Å². The fraction of sp³-hybridized carbons (Fsp3) is 0.280. The molecule has 1 aliphatic rings. The topological polar surface area (TPSA) is 81.7 Å². The molecule has 6 nitrogen and oxygen atoms in total. The number of anilines is 1. The number of benzene rings is 2. The van der Waals surface area contributed by atoms with Crippen molar-refractivity contribution in [3.05, 3.63) is 87.6 Å². The van der Waals surface area contributed by atoms with E-state index < -0.39 is 0 Å². The van der Waals surface area contributed by atoms with Crippen molar-refractivity contribution in [1.29, 1.82) is 0 Å². The molecule has 1 aliphatic heterocycles. The van der Waals surface area contributed by atoms with Crippen molar-refractivity contribution in [3.63, 3.8) is 0 Å². The Bertz CT molecular complexity index is 1040. The van der Waals surface area contributed by atoms with Gasteiger partial charge in [-0.25, -0.2) is 0 Å². The highest BCUT2D eigenvalue weighted by Crippen LogP contribution is 2.16. The number of thiophene rings is 1. The van der Waals surface area contributed by atoms with Crippen LogP contribution in [-0.2, 0) is 13.1 Å². The number of carbonyl (C=O) groups excluding carboxylic acids is 2. The van der Waals surface area contributed by atoms with Gasteiger partial charge in [0.1, 0.15) is 0 Å². The maximum absolute atomic E-state index is 12.6. The quantitative estimate of drug-likeness (QED) is 0.511. The number of aliphatic hydroxyl groups excluding tert-OH is 1. The Morgan fingerprint density at radius 2 is 1.72 bits per heavy atom. The third-order valence-corrected chi connectivity index (χ3v) is 6.44. The molecule has 0 unspecified atom stereocenters. The van der Waals surface area contributed by atoms with E-state index in [0.717, 1.165) is 38.0 Å². The van der Waals surface area contributed by atoms with Gasteiger partial charge >= 0.3 is 0 Å². The van der Waals surface area contributed by atoms with Gasteiger partial charge in [0.05, 0.1) is 11.0 Å². The van der Waals surface area contributed by atoms with Crippen LogP contribution in [0.2, 0.25) is 0 Å². The lowest BCUT2D eigenvalue weighted by molar-refractivity contribution is 0.0792. The van der Waals surface area contributed by atoms with Gasteiger partial charge < -0.3 is 15.7 Å². The summed E-state index contributed by atoms with van der Waals surface area (Å²) in [7, 11) is 0. The van der Waals surface area contributed by atoms with Gasteiger partial charge in [0.2, 0.25) is 0 Å². The van der Waals surface area contributed by atoms with E-state index in [2.05, 4.69) is 27.7 Å². The number of nitrogens with zero attached hydrogens (tertiary/aromatic N) is 1. The molecular formula is C25H27N3O3S. The Kier molecular flexibility index (Phi) is 7.32. The molecule has 4 rings (SSSR count). The molecule has 3 aromatic rings. The van der Waals surface area contributed by atoms with Gasteiger partial charge in [-0.2, -0.15) is 0 Å². The highest BCUT2D eigenvalue weighted by Gasteiger charge is 2.16. The zero-order valence-electron chi connectivity index (χ0n) is 17.8. The lowest BCUT2D eigenvalue weighted by Gasteiger charge is -2.29. The van der Waals surface area contributed by atoms with Gasteiger partial charge in [0.25, 0.3) is 11.8 Å². The van der Waals surface area contributed by atoms with Crippen LogP contribution in [0.3, 0.4) is 0 Å². The van der Waals surface area contributed by atoms with Crippen LogP contribution in [-0.4, -0.2) is 41.0 Å². The van der Waals surface area contributed by atoms with Gasteiger partial charge in [0.15, 0.2) is 0 Å². The smallest absolute Gasteiger partial charge is 0.265 e. The van der Waals surface area contributed by atoms with Crippen LogP contribution >= 0.6 is 11.3 Å². The van der Waals surface area contributed by atoms with Crippen LogP contribution in [0.1, 0.15) is 44.0 Å². The van der Waals surface area contributed by atoms with Gasteiger partial charge in [0, 0.05) is 37.4 Å². The molecule has 166 valence electrons. The summed E-state index contributed by atoms with van der Waals surface area (Å²) in [6.45, 7) is 3.15. The molecule has 2 heterocycles. The molecule has 3 N–H and O–H groups in total. The van der Waals surface area contributed by atoms with Crippen molar-refractivity contribution in [2.75, 3.05) is 18.4 Å². The number of hydrogen-bond acceptors (Lipinski definition) is 5. The van der Waals surface area contributed by atoms with Crippen LogP contribution in [0.15, 0.2) is 66.0 Å². The first-order valence-corrected chi connectivity index (χ1v) is 11.7. The lowest BCUT2D eigenvalue weighted by Crippen LogP contribution is -2.35. The predicted octanol–water partition coefficient (Wildman–Crippen LogP) is 3.89. The van der Waals surface area contributed by atoms with E-state index in [1.54, 1.807) is 30.3 Å². The van der Waals surface area contributed by atoms with E-state index in [1.807, 2.05) is 23.6 Å². The molecule has 1 aromatic heterocycles. The maximum atomic E-state index is 12.6. The zero-order valence-corrected chi connectivity index (χ0v) is 18.6. The molecule has 1 fully saturated rings. The maximum Gasteiger partial charge on any atom is 0.265 e. The Morgan fingerprint density at radius 1 is 0.969 bits per heavy atom. The minimum atomic E-state index is -0.187. The summed E-state index contributed by atoms with van der Waals surface area (Å²) < 4.78 is 0. The summed E-state index contributed by atoms with van der Waals surface area (Å²) >= 11 is 1.37. The third kappa shape index (κ3) is 6.03. The molecule has 2 amide bonds. The van der Waals surface area contributed by atoms with E-state index in [-0.39, 0.29) is 17.9 Å². The molecule has 0 aliphatic carbocycles. The zero-order chi connectivity index (χ0) is 22.3. The van der Waals surface area contributed by atoms with Crippen molar-refractivity contribution in [2.24, 2.45) is 0 Å². The Morgan fingerprint density at radius 3 is 2.44 bits per heavy atom. The molecule has 0 atom stereocenters. The van der Waals surface area contributed by atoms with Crippen LogP contribution in [0.5, 0.6) is 0 Å². The standard InChI is InChI=1S/C25H27N3O3S/c29-22-10-12-28(13-11-22)17-19-8-6-18(7-9-19)16-26-24(30)20-3-1-4-21(15-20)27-25(31)23-5-2-14-32-23/h1-9,14-15,22,29H,10-13,16-17H2,(H,26,30)(H,27,31). The first-order chi connectivity index (χ1) is 15.6. The fourth-order valence-electron chi connectivity index (χ4n) is 3.72. The van der Waals surface area contributed by atoms with E-state index in [9.17, 15) is 14.7 Å². The van der Waals surface area contributed by atoms with Crippen molar-refractivity contribution in [1.82, 2.24) is 10.2 Å². The number of piperidine rings is 1. The molecule has 0 bridgehead atoms. The summed E-state index contributed by atoms with van der Waals surface area (Å²) in [4.78, 5) is 27.8. The monoisotopic (exact) mass is 449 g/mol. The number of carbonyl (C=O) groups is 2. The Labute approximate surface area is 191 Å². The first-order valence-electron chi connectivity index (χ1n) is 10.8.